The molecule has 2 rings (SSSR count). The fourth-order valence-electron chi connectivity index (χ4n) is 1.40. The van der Waals surface area contributed by atoms with Gasteiger partial charge in [-0.2, -0.15) is 0 Å². The fraction of sp³-hybridized carbons (Fsp3) is 0.545. The summed E-state index contributed by atoms with van der Waals surface area (Å²) in [4.78, 5) is 0. The van der Waals surface area contributed by atoms with Crippen LogP contribution in [0, 0.1) is 0 Å². The Hall–Kier alpha value is 0. The molecule has 2 aliphatic rings. The molecule has 1 unspecified atom stereocenters. The van der Waals surface area contributed by atoms with Crippen LogP contribution in [0.1, 0.15) is 26.2 Å². The van der Waals surface area contributed by atoms with E-state index >= 15 is 0 Å². The molecule has 0 N–H and O–H groups in total. The van der Waals surface area contributed by atoms with Gasteiger partial charge in [0.2, 0.25) is 0 Å². The molecule has 1 saturated heterocycles. The van der Waals surface area contributed by atoms with Crippen molar-refractivity contribution in [1.29, 1.82) is 0 Å². The van der Waals surface area contributed by atoms with Crippen LogP contribution in [0.3, 0.4) is 0 Å². The lowest BCUT2D eigenvalue weighted by Crippen LogP contribution is -2.24. The Morgan fingerprint density at radius 3 is 3.00 bits per heavy atom. The van der Waals surface area contributed by atoms with Crippen LogP contribution >= 0.6 is 20.7 Å². The molecule has 3 heteroatoms. The Bertz CT molecular complexity index is 286. The lowest BCUT2D eigenvalue weighted by Gasteiger charge is -2.22. The van der Waals surface area contributed by atoms with Crippen LogP contribution in [0.15, 0.2) is 21.8 Å². The molecule has 2 heterocycles. The summed E-state index contributed by atoms with van der Waals surface area (Å²) in [7, 11) is 0. The molecule has 14 heavy (non-hydrogen) atoms. The first kappa shape index (κ1) is 10.5. The number of hydrogen-bond donors (Lipinski definition) is 0. The third-order valence-corrected chi connectivity index (χ3v) is 4.71. The van der Waals surface area contributed by atoms with Gasteiger partial charge in [0, 0.05) is 6.61 Å². The average Bonchev–Trinajstić information content (AvgIpc) is 2.23. The van der Waals surface area contributed by atoms with E-state index in [0.717, 1.165) is 16.7 Å². The van der Waals surface area contributed by atoms with E-state index in [9.17, 15) is 0 Å². The third kappa shape index (κ3) is 3.00. The molecule has 0 spiro atoms. The van der Waals surface area contributed by atoms with Crippen LogP contribution in [0.5, 0.6) is 0 Å². The molecule has 2 aliphatic heterocycles. The molecule has 0 bridgehead atoms. The summed E-state index contributed by atoms with van der Waals surface area (Å²) in [5, 5.41) is 0. The summed E-state index contributed by atoms with van der Waals surface area (Å²) in [6.45, 7) is 2.99. The molecular formula is C11H15IO2. The Balaban J connectivity index is 1.88. The molecule has 78 valence electrons. The molecule has 0 aliphatic carbocycles. The van der Waals surface area contributed by atoms with Gasteiger partial charge >= 0.3 is 0 Å². The van der Waals surface area contributed by atoms with Gasteiger partial charge < -0.3 is 9.47 Å². The molecule has 0 aromatic heterocycles. The Morgan fingerprint density at radius 1 is 1.43 bits per heavy atom. The first-order chi connectivity index (χ1) is 6.84. The second kappa shape index (κ2) is 5.19. The Labute approximate surface area is 94.7 Å². The largest absolute Gasteiger partial charge is 0.352 e. The molecular weight excluding hydrogens is 291 g/mol. The van der Waals surface area contributed by atoms with Crippen molar-refractivity contribution in [3.63, 3.8) is 0 Å². The average molecular weight is 306 g/mol. The van der Waals surface area contributed by atoms with Gasteiger partial charge in [-0.1, -0.05) is 26.8 Å². The normalized spacial score (nSPS) is 27.6. The van der Waals surface area contributed by atoms with E-state index in [0.29, 0.717) is 0 Å². The van der Waals surface area contributed by atoms with Crippen molar-refractivity contribution in [2.75, 3.05) is 6.61 Å². The Kier molecular flexibility index (Phi) is 3.89. The number of hydrogen-bond acceptors (Lipinski definition) is 2. The van der Waals surface area contributed by atoms with Gasteiger partial charge in [-0.15, -0.1) is 0 Å². The highest BCUT2D eigenvalue weighted by Gasteiger charge is 2.15. The maximum Gasteiger partial charge on any atom is 0.164 e. The van der Waals surface area contributed by atoms with Gasteiger partial charge in [0.05, 0.1) is 0 Å². The van der Waals surface area contributed by atoms with Gasteiger partial charge in [-0.3, -0.25) is 0 Å². The van der Waals surface area contributed by atoms with Crippen molar-refractivity contribution in [3.05, 3.63) is 21.8 Å². The zero-order chi connectivity index (χ0) is 9.80. The van der Waals surface area contributed by atoms with Crippen molar-refractivity contribution in [3.8, 4) is 0 Å². The third-order valence-electron chi connectivity index (χ3n) is 2.19. The molecule has 0 amide bonds. The van der Waals surface area contributed by atoms with E-state index in [4.69, 9.17) is 9.47 Å². The molecule has 0 saturated carbocycles. The molecule has 2 nitrogen and oxygen atoms in total. The van der Waals surface area contributed by atoms with Gasteiger partial charge in [0.25, 0.3) is 0 Å². The summed E-state index contributed by atoms with van der Waals surface area (Å²) in [5.74, 6) is 0. The lowest BCUT2D eigenvalue weighted by molar-refractivity contribution is -0.111. The number of halogens is 1. The molecule has 0 radical (unpaired) electrons. The highest BCUT2D eigenvalue weighted by atomic mass is 127. The zero-order valence-electron chi connectivity index (χ0n) is 8.33. The second-order valence-electron chi connectivity index (χ2n) is 3.51. The standard InChI is InChI=1S/C11H15IO2/c1-9-5-6-10(12-8-9)14-11-4-2-3-7-13-11/h5-6,8,11H,2-4,7H2,1H3. The monoisotopic (exact) mass is 306 g/mol. The highest BCUT2D eigenvalue weighted by molar-refractivity contribution is 14.2. The molecule has 0 aromatic carbocycles. The number of allylic oxidation sites excluding steroid dienone is 2. The van der Waals surface area contributed by atoms with Crippen LogP contribution in [0.25, 0.3) is 0 Å². The van der Waals surface area contributed by atoms with Crippen molar-refractivity contribution in [2.24, 2.45) is 0 Å². The smallest absolute Gasteiger partial charge is 0.164 e. The molecule has 1 atom stereocenters. The van der Waals surface area contributed by atoms with Crippen molar-refractivity contribution < 1.29 is 9.47 Å². The molecule has 0 aromatic rings. The minimum Gasteiger partial charge on any atom is -0.352 e. The summed E-state index contributed by atoms with van der Waals surface area (Å²) in [6, 6.07) is 0. The maximum absolute atomic E-state index is 5.79. The van der Waals surface area contributed by atoms with Gasteiger partial charge in [-0.05, 0) is 41.9 Å². The van der Waals surface area contributed by atoms with E-state index in [-0.39, 0.29) is 27.0 Å². The van der Waals surface area contributed by atoms with E-state index in [1.807, 2.05) is 0 Å². The predicted octanol–water partition coefficient (Wildman–Crippen LogP) is 3.10. The molecule has 1 fully saturated rings. The van der Waals surface area contributed by atoms with Gasteiger partial charge in [0.1, 0.15) is 3.69 Å². The van der Waals surface area contributed by atoms with E-state index < -0.39 is 0 Å². The minimum atomic E-state index is -0.0528. The lowest BCUT2D eigenvalue weighted by atomic mass is 10.2. The van der Waals surface area contributed by atoms with Gasteiger partial charge in [0.15, 0.2) is 6.29 Å². The summed E-state index contributed by atoms with van der Waals surface area (Å²) >= 11 is -0.0528. The van der Waals surface area contributed by atoms with Gasteiger partial charge in [-0.25, -0.2) is 0 Å². The van der Waals surface area contributed by atoms with Crippen molar-refractivity contribution in [1.82, 2.24) is 0 Å². The van der Waals surface area contributed by atoms with Crippen LogP contribution in [-0.4, -0.2) is 16.6 Å². The van der Waals surface area contributed by atoms with Crippen LogP contribution < -0.4 is 0 Å². The topological polar surface area (TPSA) is 18.5 Å². The van der Waals surface area contributed by atoms with E-state index in [1.54, 1.807) is 0 Å². The first-order valence-electron chi connectivity index (χ1n) is 4.98. The number of rotatable bonds is 2. The summed E-state index contributed by atoms with van der Waals surface area (Å²) in [6.07, 6.45) is 7.69. The fourth-order valence-corrected chi connectivity index (χ4v) is 3.23. The van der Waals surface area contributed by atoms with Crippen LogP contribution in [0.4, 0.5) is 0 Å². The number of ether oxygens (including phenoxy) is 2. The predicted molar refractivity (Wildman–Crippen MR) is 66.6 cm³/mol. The Morgan fingerprint density at radius 2 is 2.36 bits per heavy atom. The van der Waals surface area contributed by atoms with Crippen molar-refractivity contribution in [2.45, 2.75) is 32.5 Å². The maximum atomic E-state index is 5.79. The van der Waals surface area contributed by atoms with Crippen LogP contribution in [-0.2, 0) is 9.47 Å². The SMILES string of the molecule is CC1=CI=C(OC2CCCCO2)C=C1. The van der Waals surface area contributed by atoms with E-state index in [2.05, 4.69) is 23.2 Å². The quantitative estimate of drug-likeness (QED) is 0.730. The first-order valence-corrected chi connectivity index (χ1v) is 7.30. The summed E-state index contributed by atoms with van der Waals surface area (Å²) < 4.78 is 14.7. The second-order valence-corrected chi connectivity index (χ2v) is 5.82. The van der Waals surface area contributed by atoms with Crippen molar-refractivity contribution >= 4 is 24.4 Å². The van der Waals surface area contributed by atoms with Crippen LogP contribution in [0.2, 0.25) is 0 Å². The van der Waals surface area contributed by atoms with E-state index in [1.165, 1.54) is 18.4 Å². The highest BCUT2D eigenvalue weighted by Crippen LogP contribution is 2.20. The minimum absolute atomic E-state index is 0.0231. The zero-order valence-corrected chi connectivity index (χ0v) is 10.5. The summed E-state index contributed by atoms with van der Waals surface area (Å²) in [5.41, 5.74) is 1.36.